The van der Waals surface area contributed by atoms with Crippen LogP contribution in [0.25, 0.3) is 0 Å². The third-order valence-corrected chi connectivity index (χ3v) is 2.76. The minimum absolute atomic E-state index is 0.123. The average molecular weight is 211 g/mol. The number of aryl methyl sites for hydroxylation is 1. The van der Waals surface area contributed by atoms with Crippen LogP contribution in [0.1, 0.15) is 38.5 Å². The van der Waals surface area contributed by atoms with E-state index < -0.39 is 6.10 Å². The van der Waals surface area contributed by atoms with Gasteiger partial charge < -0.3 is 10.8 Å². The van der Waals surface area contributed by atoms with Gasteiger partial charge in [-0.25, -0.2) is 0 Å². The Balaban J connectivity index is 2.79. The fraction of sp³-hybridized carbons (Fsp3) is 0.727. The molecule has 4 nitrogen and oxygen atoms in total. The van der Waals surface area contributed by atoms with Crippen LogP contribution in [0.4, 0.5) is 0 Å². The molecule has 1 heterocycles. The fourth-order valence-corrected chi connectivity index (χ4v) is 1.75. The number of rotatable bonds is 6. The van der Waals surface area contributed by atoms with Crippen molar-refractivity contribution < 1.29 is 5.11 Å². The Morgan fingerprint density at radius 2 is 2.27 bits per heavy atom. The summed E-state index contributed by atoms with van der Waals surface area (Å²) in [5, 5.41) is 14.3. The van der Waals surface area contributed by atoms with Crippen molar-refractivity contribution in [3.8, 4) is 0 Å². The maximum atomic E-state index is 10.1. The van der Waals surface area contributed by atoms with Crippen LogP contribution in [-0.4, -0.2) is 21.4 Å². The van der Waals surface area contributed by atoms with Crippen molar-refractivity contribution in [2.75, 3.05) is 6.54 Å². The number of aromatic nitrogens is 2. The quantitative estimate of drug-likeness (QED) is 0.745. The lowest BCUT2D eigenvalue weighted by Gasteiger charge is -2.20. The molecule has 0 aliphatic rings. The van der Waals surface area contributed by atoms with E-state index in [1.54, 1.807) is 6.20 Å². The summed E-state index contributed by atoms with van der Waals surface area (Å²) >= 11 is 0. The van der Waals surface area contributed by atoms with Gasteiger partial charge in [0.25, 0.3) is 0 Å². The monoisotopic (exact) mass is 211 g/mol. The molecule has 0 saturated heterocycles. The molecular weight excluding hydrogens is 190 g/mol. The summed E-state index contributed by atoms with van der Waals surface area (Å²) in [6, 6.07) is 1.87. The predicted octanol–water partition coefficient (Wildman–Crippen LogP) is 1.31. The van der Waals surface area contributed by atoms with E-state index in [9.17, 15) is 5.11 Å². The van der Waals surface area contributed by atoms with Crippen molar-refractivity contribution in [1.82, 2.24) is 9.78 Å². The molecule has 0 aromatic carbocycles. The molecule has 0 bridgehead atoms. The van der Waals surface area contributed by atoms with E-state index >= 15 is 0 Å². The third kappa shape index (κ3) is 2.79. The van der Waals surface area contributed by atoms with E-state index in [1.165, 1.54) is 0 Å². The van der Waals surface area contributed by atoms with E-state index in [0.717, 1.165) is 25.1 Å². The maximum Gasteiger partial charge on any atom is 0.0996 e. The van der Waals surface area contributed by atoms with E-state index in [-0.39, 0.29) is 5.92 Å². The molecule has 2 unspecified atom stereocenters. The zero-order valence-electron chi connectivity index (χ0n) is 9.56. The van der Waals surface area contributed by atoms with Gasteiger partial charge in [-0.05, 0) is 25.5 Å². The summed E-state index contributed by atoms with van der Waals surface area (Å²) in [5.41, 5.74) is 6.51. The molecule has 0 spiro atoms. The lowest BCUT2D eigenvalue weighted by Crippen LogP contribution is -2.23. The Morgan fingerprint density at radius 3 is 2.80 bits per heavy atom. The summed E-state index contributed by atoms with van der Waals surface area (Å²) in [5.74, 6) is 0.123. The summed E-state index contributed by atoms with van der Waals surface area (Å²) in [4.78, 5) is 0. The normalized spacial score (nSPS) is 15.2. The van der Waals surface area contributed by atoms with Gasteiger partial charge in [0.1, 0.15) is 0 Å². The summed E-state index contributed by atoms with van der Waals surface area (Å²) in [6.07, 6.45) is 3.14. The average Bonchev–Trinajstić information content (AvgIpc) is 2.68. The molecule has 3 N–H and O–H groups in total. The van der Waals surface area contributed by atoms with Crippen molar-refractivity contribution in [3.05, 3.63) is 18.0 Å². The van der Waals surface area contributed by atoms with Crippen LogP contribution in [0, 0.1) is 5.92 Å². The van der Waals surface area contributed by atoms with Crippen LogP contribution in [0.2, 0.25) is 0 Å². The van der Waals surface area contributed by atoms with Crippen molar-refractivity contribution >= 4 is 0 Å². The highest BCUT2D eigenvalue weighted by molar-refractivity contribution is 5.06. The summed E-state index contributed by atoms with van der Waals surface area (Å²) < 4.78 is 1.86. The third-order valence-electron chi connectivity index (χ3n) is 2.76. The molecule has 0 aliphatic heterocycles. The summed E-state index contributed by atoms with van der Waals surface area (Å²) in [6.45, 7) is 5.49. The number of aliphatic hydroxyl groups is 1. The number of nitrogens with zero attached hydrogens (tertiary/aromatic N) is 2. The molecule has 2 atom stereocenters. The standard InChI is InChI=1S/C11H21N3O/c1-3-7-14-10(5-6-13-14)11(15)9(4-2)8-12/h5-6,9,11,15H,3-4,7-8,12H2,1-2H3. The Morgan fingerprint density at radius 1 is 1.53 bits per heavy atom. The Labute approximate surface area is 91.1 Å². The van der Waals surface area contributed by atoms with Gasteiger partial charge in [0.2, 0.25) is 0 Å². The molecule has 86 valence electrons. The van der Waals surface area contributed by atoms with E-state index in [0.29, 0.717) is 6.54 Å². The molecule has 1 aromatic rings. The first kappa shape index (κ1) is 12.2. The highest BCUT2D eigenvalue weighted by Crippen LogP contribution is 2.23. The smallest absolute Gasteiger partial charge is 0.0996 e. The van der Waals surface area contributed by atoms with Gasteiger partial charge in [-0.15, -0.1) is 0 Å². The number of aliphatic hydroxyl groups excluding tert-OH is 1. The van der Waals surface area contributed by atoms with Crippen LogP contribution >= 0.6 is 0 Å². The van der Waals surface area contributed by atoms with E-state index in [4.69, 9.17) is 5.73 Å². The van der Waals surface area contributed by atoms with Gasteiger partial charge in [-0.1, -0.05) is 13.8 Å². The molecule has 0 aliphatic carbocycles. The van der Waals surface area contributed by atoms with Crippen LogP contribution < -0.4 is 5.73 Å². The van der Waals surface area contributed by atoms with Crippen molar-refractivity contribution in [1.29, 1.82) is 0 Å². The fourth-order valence-electron chi connectivity index (χ4n) is 1.75. The molecular formula is C11H21N3O. The largest absolute Gasteiger partial charge is 0.386 e. The van der Waals surface area contributed by atoms with E-state index in [1.807, 2.05) is 17.7 Å². The van der Waals surface area contributed by atoms with Gasteiger partial charge in [-0.2, -0.15) is 5.10 Å². The SMILES string of the molecule is CCCn1nccc1C(O)C(CC)CN. The number of hydrogen-bond donors (Lipinski definition) is 2. The minimum Gasteiger partial charge on any atom is -0.386 e. The molecule has 4 heteroatoms. The first-order chi connectivity index (χ1) is 7.24. The van der Waals surface area contributed by atoms with Crippen molar-refractivity contribution in [3.63, 3.8) is 0 Å². The Hall–Kier alpha value is -0.870. The second-order valence-corrected chi connectivity index (χ2v) is 3.83. The van der Waals surface area contributed by atoms with Crippen LogP contribution in [0.15, 0.2) is 12.3 Å². The van der Waals surface area contributed by atoms with Gasteiger partial charge >= 0.3 is 0 Å². The molecule has 1 aromatic heterocycles. The second-order valence-electron chi connectivity index (χ2n) is 3.83. The van der Waals surface area contributed by atoms with Gasteiger partial charge in [0.05, 0.1) is 11.8 Å². The van der Waals surface area contributed by atoms with Crippen molar-refractivity contribution in [2.45, 2.75) is 39.3 Å². The van der Waals surface area contributed by atoms with E-state index in [2.05, 4.69) is 12.0 Å². The van der Waals surface area contributed by atoms with Crippen LogP contribution in [-0.2, 0) is 6.54 Å². The topological polar surface area (TPSA) is 64.1 Å². The predicted molar refractivity (Wildman–Crippen MR) is 60.3 cm³/mol. The van der Waals surface area contributed by atoms with Gasteiger partial charge in [0.15, 0.2) is 0 Å². The molecule has 1 rings (SSSR count). The number of nitrogens with two attached hydrogens (primary N) is 1. The second kappa shape index (κ2) is 5.88. The molecule has 0 saturated carbocycles. The van der Waals surface area contributed by atoms with Crippen molar-refractivity contribution in [2.24, 2.45) is 11.7 Å². The lowest BCUT2D eigenvalue weighted by atomic mass is 9.97. The van der Waals surface area contributed by atoms with Gasteiger partial charge in [-0.3, -0.25) is 4.68 Å². The molecule has 0 radical (unpaired) electrons. The zero-order chi connectivity index (χ0) is 11.3. The Bertz CT molecular complexity index is 281. The molecule has 0 amide bonds. The van der Waals surface area contributed by atoms with Crippen LogP contribution in [0.5, 0.6) is 0 Å². The number of hydrogen-bond acceptors (Lipinski definition) is 3. The Kier molecular flexibility index (Phi) is 4.78. The lowest BCUT2D eigenvalue weighted by molar-refractivity contribution is 0.100. The highest BCUT2D eigenvalue weighted by Gasteiger charge is 2.20. The maximum absolute atomic E-state index is 10.1. The minimum atomic E-state index is -0.492. The molecule has 15 heavy (non-hydrogen) atoms. The zero-order valence-corrected chi connectivity index (χ0v) is 9.56. The highest BCUT2D eigenvalue weighted by atomic mass is 16.3. The summed E-state index contributed by atoms with van der Waals surface area (Å²) in [7, 11) is 0. The van der Waals surface area contributed by atoms with Gasteiger partial charge in [0, 0.05) is 18.7 Å². The first-order valence-corrected chi connectivity index (χ1v) is 5.64. The van der Waals surface area contributed by atoms with Crippen LogP contribution in [0.3, 0.4) is 0 Å². The first-order valence-electron chi connectivity index (χ1n) is 5.64. The molecule has 0 fully saturated rings.